The first kappa shape index (κ1) is 20.7. The normalized spacial score (nSPS) is 11.2. The molecule has 0 saturated heterocycles. The summed E-state index contributed by atoms with van der Waals surface area (Å²) < 4.78 is 28.7. The van der Waals surface area contributed by atoms with Crippen LogP contribution in [0.3, 0.4) is 0 Å². The van der Waals surface area contributed by atoms with E-state index in [9.17, 15) is 8.78 Å². The van der Waals surface area contributed by atoms with Gasteiger partial charge in [-0.3, -0.25) is 15.1 Å². The van der Waals surface area contributed by atoms with Crippen LogP contribution in [0.5, 0.6) is 0 Å². The van der Waals surface area contributed by atoms with Crippen LogP contribution in [0.1, 0.15) is 18.1 Å². The zero-order chi connectivity index (χ0) is 21.8. The van der Waals surface area contributed by atoms with Gasteiger partial charge in [0.2, 0.25) is 0 Å². The average molecular weight is 419 g/mol. The molecular weight excluding hydrogens is 396 g/mol. The zero-order valence-electron chi connectivity index (χ0n) is 17.2. The van der Waals surface area contributed by atoms with Crippen molar-refractivity contribution in [1.29, 1.82) is 0 Å². The van der Waals surface area contributed by atoms with Gasteiger partial charge in [-0.05, 0) is 31.2 Å². The van der Waals surface area contributed by atoms with Crippen LogP contribution in [0.4, 0.5) is 8.78 Å². The van der Waals surface area contributed by atoms with Gasteiger partial charge in [0.15, 0.2) is 0 Å². The van der Waals surface area contributed by atoms with Gasteiger partial charge in [-0.15, -0.1) is 0 Å². The van der Waals surface area contributed by atoms with Gasteiger partial charge in [0.05, 0.1) is 23.8 Å². The Kier molecular flexibility index (Phi) is 6.04. The van der Waals surface area contributed by atoms with Crippen LogP contribution in [-0.4, -0.2) is 31.8 Å². The van der Waals surface area contributed by atoms with E-state index in [1.807, 2.05) is 6.92 Å². The van der Waals surface area contributed by atoms with Crippen molar-refractivity contribution in [2.75, 3.05) is 6.54 Å². The summed E-state index contributed by atoms with van der Waals surface area (Å²) >= 11 is 0. The van der Waals surface area contributed by atoms with Crippen LogP contribution < -0.4 is 0 Å². The Hall–Kier alpha value is -3.58. The summed E-state index contributed by atoms with van der Waals surface area (Å²) in [4.78, 5) is 2.15. The number of hydrogen-bond donors (Lipinski definition) is 2. The van der Waals surface area contributed by atoms with Crippen LogP contribution >= 0.6 is 0 Å². The van der Waals surface area contributed by atoms with E-state index in [4.69, 9.17) is 0 Å². The standard InChI is InChI=1S/C24H23F2N5/c1-16(2)13-31(14-17-11-27-29-23(17)19-7-3-5-9-21(19)25)15-18-12-28-30-24(18)20-8-4-6-10-22(20)26/h3-12H,1,13-15H2,2H3,(H,27,29)(H,28,30). The van der Waals surface area contributed by atoms with E-state index in [2.05, 4.69) is 31.9 Å². The first-order chi connectivity index (χ1) is 15.0. The quantitative estimate of drug-likeness (QED) is 0.380. The molecule has 2 heterocycles. The molecule has 0 radical (unpaired) electrons. The Morgan fingerprint density at radius 1 is 0.839 bits per heavy atom. The van der Waals surface area contributed by atoms with Gasteiger partial charge in [-0.25, -0.2) is 8.78 Å². The molecule has 0 amide bonds. The van der Waals surface area contributed by atoms with E-state index in [0.29, 0.717) is 42.1 Å². The van der Waals surface area contributed by atoms with Crippen molar-refractivity contribution in [2.45, 2.75) is 20.0 Å². The lowest BCUT2D eigenvalue weighted by Crippen LogP contribution is -2.24. The minimum atomic E-state index is -0.309. The minimum absolute atomic E-state index is 0.309. The molecule has 0 fully saturated rings. The van der Waals surface area contributed by atoms with Gasteiger partial charge in [0, 0.05) is 41.9 Å². The Morgan fingerprint density at radius 3 is 1.71 bits per heavy atom. The molecule has 0 aliphatic carbocycles. The number of aromatic amines is 2. The fraction of sp³-hybridized carbons (Fsp3) is 0.167. The van der Waals surface area contributed by atoms with Gasteiger partial charge < -0.3 is 0 Å². The van der Waals surface area contributed by atoms with E-state index >= 15 is 0 Å². The summed E-state index contributed by atoms with van der Waals surface area (Å²) in [5, 5.41) is 14.1. The Balaban J connectivity index is 1.62. The second kappa shape index (κ2) is 9.06. The number of hydrogen-bond acceptors (Lipinski definition) is 3. The third kappa shape index (κ3) is 4.62. The molecule has 0 aliphatic heterocycles. The predicted octanol–water partition coefficient (Wildman–Crippen LogP) is 5.32. The Bertz CT molecular complexity index is 1110. The van der Waals surface area contributed by atoms with Crippen molar-refractivity contribution in [3.8, 4) is 22.5 Å². The van der Waals surface area contributed by atoms with E-state index < -0.39 is 0 Å². The van der Waals surface area contributed by atoms with Crippen molar-refractivity contribution in [3.63, 3.8) is 0 Å². The highest BCUT2D eigenvalue weighted by molar-refractivity contribution is 5.64. The molecule has 0 aliphatic rings. The maximum Gasteiger partial charge on any atom is 0.132 e. The predicted molar refractivity (Wildman–Crippen MR) is 117 cm³/mol. The lowest BCUT2D eigenvalue weighted by Gasteiger charge is -2.22. The smallest absolute Gasteiger partial charge is 0.132 e. The number of rotatable bonds is 8. The first-order valence-electron chi connectivity index (χ1n) is 9.94. The van der Waals surface area contributed by atoms with Crippen molar-refractivity contribution in [3.05, 3.63) is 95.8 Å². The van der Waals surface area contributed by atoms with Crippen molar-refractivity contribution in [1.82, 2.24) is 25.3 Å². The summed E-state index contributed by atoms with van der Waals surface area (Å²) in [6, 6.07) is 13.2. The monoisotopic (exact) mass is 419 g/mol. The van der Waals surface area contributed by atoms with Crippen LogP contribution in [-0.2, 0) is 13.1 Å². The maximum atomic E-state index is 14.3. The molecule has 5 nitrogen and oxygen atoms in total. The molecule has 0 saturated carbocycles. The number of aromatic nitrogens is 4. The van der Waals surface area contributed by atoms with Crippen molar-refractivity contribution in [2.24, 2.45) is 0 Å². The third-order valence-corrected chi connectivity index (χ3v) is 5.00. The second-order valence-corrected chi connectivity index (χ2v) is 7.60. The maximum absolute atomic E-state index is 14.3. The van der Waals surface area contributed by atoms with E-state index in [1.165, 1.54) is 12.1 Å². The molecule has 7 heteroatoms. The topological polar surface area (TPSA) is 60.6 Å². The molecule has 4 aromatic rings. The lowest BCUT2D eigenvalue weighted by atomic mass is 10.1. The molecule has 2 aromatic carbocycles. The van der Waals surface area contributed by atoms with Crippen LogP contribution in [0.25, 0.3) is 22.5 Å². The summed E-state index contributed by atoms with van der Waals surface area (Å²) in [6.07, 6.45) is 3.42. The fourth-order valence-electron chi connectivity index (χ4n) is 3.69. The zero-order valence-corrected chi connectivity index (χ0v) is 17.2. The van der Waals surface area contributed by atoms with Crippen molar-refractivity contribution < 1.29 is 8.78 Å². The Morgan fingerprint density at radius 2 is 1.29 bits per heavy atom. The summed E-state index contributed by atoms with van der Waals surface area (Å²) in [5.74, 6) is -0.618. The highest BCUT2D eigenvalue weighted by atomic mass is 19.1. The molecule has 0 bridgehead atoms. The average Bonchev–Trinajstić information content (AvgIpc) is 3.38. The number of benzene rings is 2. The summed E-state index contributed by atoms with van der Waals surface area (Å²) in [7, 11) is 0. The number of halogens is 2. The van der Waals surface area contributed by atoms with Gasteiger partial charge in [-0.1, -0.05) is 36.4 Å². The number of nitrogens with zero attached hydrogens (tertiary/aromatic N) is 3. The fourth-order valence-corrected chi connectivity index (χ4v) is 3.69. The highest BCUT2D eigenvalue weighted by Crippen LogP contribution is 2.28. The largest absolute Gasteiger partial charge is 0.291 e. The molecule has 0 unspecified atom stereocenters. The molecule has 2 N–H and O–H groups in total. The SMILES string of the molecule is C=C(C)CN(Cc1cn[nH]c1-c1ccccc1F)Cc1cn[nH]c1-c1ccccc1F. The Labute approximate surface area is 179 Å². The molecule has 2 aromatic heterocycles. The first-order valence-corrected chi connectivity index (χ1v) is 9.94. The summed E-state index contributed by atoms with van der Waals surface area (Å²) in [6.45, 7) is 7.62. The number of nitrogens with one attached hydrogen (secondary N) is 2. The lowest BCUT2D eigenvalue weighted by molar-refractivity contribution is 0.280. The number of H-pyrrole nitrogens is 2. The van der Waals surface area contributed by atoms with Crippen LogP contribution in [0, 0.1) is 11.6 Å². The molecule has 31 heavy (non-hydrogen) atoms. The van der Waals surface area contributed by atoms with E-state index in [-0.39, 0.29) is 11.6 Å². The highest BCUT2D eigenvalue weighted by Gasteiger charge is 2.18. The van der Waals surface area contributed by atoms with E-state index in [1.54, 1.807) is 48.8 Å². The molecule has 0 atom stereocenters. The molecule has 4 rings (SSSR count). The van der Waals surface area contributed by atoms with Crippen LogP contribution in [0.15, 0.2) is 73.1 Å². The molecule has 0 spiro atoms. The second-order valence-electron chi connectivity index (χ2n) is 7.60. The van der Waals surface area contributed by atoms with Gasteiger partial charge >= 0.3 is 0 Å². The van der Waals surface area contributed by atoms with Gasteiger partial charge in [0.25, 0.3) is 0 Å². The summed E-state index contributed by atoms with van der Waals surface area (Å²) in [5.41, 5.74) is 4.94. The minimum Gasteiger partial charge on any atom is -0.291 e. The molecule has 158 valence electrons. The molecular formula is C24H23F2N5. The van der Waals surface area contributed by atoms with Crippen LogP contribution in [0.2, 0.25) is 0 Å². The van der Waals surface area contributed by atoms with Crippen molar-refractivity contribution >= 4 is 0 Å². The van der Waals surface area contributed by atoms with E-state index in [0.717, 1.165) is 16.7 Å². The van der Waals surface area contributed by atoms with Gasteiger partial charge in [0.1, 0.15) is 11.6 Å². The third-order valence-electron chi connectivity index (χ3n) is 5.00. The van der Waals surface area contributed by atoms with Gasteiger partial charge in [-0.2, -0.15) is 10.2 Å².